The van der Waals surface area contributed by atoms with Crippen LogP contribution in [0.5, 0.6) is 0 Å². The van der Waals surface area contributed by atoms with E-state index in [1.54, 1.807) is 17.1 Å². The summed E-state index contributed by atoms with van der Waals surface area (Å²) >= 11 is 11.4. The number of amides is 1. The number of carbonyl (C=O) groups excluding carboxylic acids is 1. The number of hydrogen-bond donors (Lipinski definition) is 1. The molecule has 0 aliphatic carbocycles. The van der Waals surface area contributed by atoms with Crippen molar-refractivity contribution in [3.63, 3.8) is 0 Å². The number of nitrogens with one attached hydrogen (secondary N) is 1. The Bertz CT molecular complexity index is 559. The highest BCUT2D eigenvalue weighted by Crippen LogP contribution is 2.14. The molecule has 0 aromatic carbocycles. The summed E-state index contributed by atoms with van der Waals surface area (Å²) in [5, 5.41) is 17.5. The zero-order valence-electron chi connectivity index (χ0n) is 9.75. The molecule has 19 heavy (non-hydrogen) atoms. The monoisotopic (exact) mass is 300 g/mol. The first-order chi connectivity index (χ1) is 9.16. The smallest absolute Gasteiger partial charge is 0.254 e. The number of aryl methyl sites for hydroxylation is 1. The molecule has 0 saturated heterocycles. The molecule has 0 fully saturated rings. The predicted molar refractivity (Wildman–Crippen MR) is 69.0 cm³/mol. The standard InChI is InChI=1S/C10H10Cl2N6O/c11-8-6-7(9(12)16-15-8)10(19)13-2-1-4-18-5-3-14-17-18/h3,5-6H,1-2,4H2,(H,13,19). The number of hydrogen-bond acceptors (Lipinski definition) is 5. The van der Waals surface area contributed by atoms with Crippen molar-refractivity contribution >= 4 is 29.1 Å². The van der Waals surface area contributed by atoms with Crippen LogP contribution in [-0.4, -0.2) is 37.6 Å². The molecule has 2 aromatic heterocycles. The van der Waals surface area contributed by atoms with E-state index in [4.69, 9.17) is 23.2 Å². The molecule has 0 aliphatic heterocycles. The first-order valence-electron chi connectivity index (χ1n) is 5.48. The van der Waals surface area contributed by atoms with Gasteiger partial charge in [-0.2, -0.15) is 0 Å². The molecule has 2 rings (SSSR count). The molecule has 0 saturated carbocycles. The highest BCUT2D eigenvalue weighted by atomic mass is 35.5. The fourth-order valence-electron chi connectivity index (χ4n) is 1.40. The number of rotatable bonds is 5. The lowest BCUT2D eigenvalue weighted by Gasteiger charge is -2.06. The van der Waals surface area contributed by atoms with Crippen LogP contribution in [0, 0.1) is 0 Å². The van der Waals surface area contributed by atoms with Gasteiger partial charge in [0.15, 0.2) is 10.3 Å². The Morgan fingerprint density at radius 3 is 2.95 bits per heavy atom. The summed E-state index contributed by atoms with van der Waals surface area (Å²) in [6, 6.07) is 1.38. The van der Waals surface area contributed by atoms with Crippen molar-refractivity contribution in [1.82, 2.24) is 30.5 Å². The summed E-state index contributed by atoms with van der Waals surface area (Å²) in [6.07, 6.45) is 4.08. The SMILES string of the molecule is O=C(NCCCn1ccnn1)c1cc(Cl)nnc1Cl. The van der Waals surface area contributed by atoms with Crippen LogP contribution < -0.4 is 5.32 Å². The van der Waals surface area contributed by atoms with Crippen molar-refractivity contribution in [1.29, 1.82) is 0 Å². The molecule has 0 unspecified atom stereocenters. The molecule has 2 aromatic rings. The second-order valence-electron chi connectivity index (χ2n) is 3.65. The van der Waals surface area contributed by atoms with Crippen molar-refractivity contribution in [2.45, 2.75) is 13.0 Å². The summed E-state index contributed by atoms with van der Waals surface area (Å²) in [5.41, 5.74) is 0.211. The van der Waals surface area contributed by atoms with E-state index in [1.165, 1.54) is 6.07 Å². The fraction of sp³-hybridized carbons (Fsp3) is 0.300. The molecule has 9 heteroatoms. The average Bonchev–Trinajstić information content (AvgIpc) is 2.90. The Morgan fingerprint density at radius 2 is 2.21 bits per heavy atom. The second-order valence-corrected chi connectivity index (χ2v) is 4.39. The molecule has 1 N–H and O–H groups in total. The van der Waals surface area contributed by atoms with E-state index in [2.05, 4.69) is 25.8 Å². The Kier molecular flexibility index (Phi) is 4.64. The van der Waals surface area contributed by atoms with Crippen molar-refractivity contribution in [3.05, 3.63) is 34.3 Å². The van der Waals surface area contributed by atoms with Gasteiger partial charge in [0, 0.05) is 19.3 Å². The summed E-state index contributed by atoms with van der Waals surface area (Å²) in [5.74, 6) is -0.333. The van der Waals surface area contributed by atoms with Gasteiger partial charge in [-0.25, -0.2) is 0 Å². The molecule has 0 atom stereocenters. The van der Waals surface area contributed by atoms with Gasteiger partial charge in [-0.3, -0.25) is 9.48 Å². The molecule has 0 radical (unpaired) electrons. The van der Waals surface area contributed by atoms with Crippen LogP contribution >= 0.6 is 23.2 Å². The Morgan fingerprint density at radius 1 is 1.37 bits per heavy atom. The van der Waals surface area contributed by atoms with Crippen LogP contribution in [0.25, 0.3) is 0 Å². The van der Waals surface area contributed by atoms with Gasteiger partial charge in [-0.15, -0.1) is 15.3 Å². The zero-order chi connectivity index (χ0) is 13.7. The summed E-state index contributed by atoms with van der Waals surface area (Å²) < 4.78 is 1.68. The molecule has 0 spiro atoms. The highest BCUT2D eigenvalue weighted by Gasteiger charge is 2.12. The van der Waals surface area contributed by atoms with Crippen LogP contribution in [0.15, 0.2) is 18.5 Å². The zero-order valence-corrected chi connectivity index (χ0v) is 11.3. The Hall–Kier alpha value is -1.73. The van der Waals surface area contributed by atoms with E-state index < -0.39 is 0 Å². The third-order valence-corrected chi connectivity index (χ3v) is 2.75. The molecule has 0 bridgehead atoms. The third kappa shape index (κ3) is 3.87. The molecular formula is C10H10Cl2N6O. The molecule has 0 aliphatic rings. The van der Waals surface area contributed by atoms with E-state index in [9.17, 15) is 4.79 Å². The fourth-order valence-corrected chi connectivity index (χ4v) is 1.73. The number of aromatic nitrogens is 5. The van der Waals surface area contributed by atoms with Gasteiger partial charge in [0.25, 0.3) is 5.91 Å². The molecule has 2 heterocycles. The first-order valence-corrected chi connectivity index (χ1v) is 6.23. The first kappa shape index (κ1) is 13.7. The lowest BCUT2D eigenvalue weighted by molar-refractivity contribution is 0.0952. The van der Waals surface area contributed by atoms with E-state index in [0.29, 0.717) is 13.1 Å². The van der Waals surface area contributed by atoms with Crippen molar-refractivity contribution in [3.8, 4) is 0 Å². The van der Waals surface area contributed by atoms with E-state index in [-0.39, 0.29) is 21.8 Å². The predicted octanol–water partition coefficient (Wildman–Crippen LogP) is 1.19. The van der Waals surface area contributed by atoms with Crippen molar-refractivity contribution in [2.75, 3.05) is 6.54 Å². The van der Waals surface area contributed by atoms with Gasteiger partial charge in [-0.05, 0) is 12.5 Å². The minimum Gasteiger partial charge on any atom is -0.352 e. The van der Waals surface area contributed by atoms with Crippen LogP contribution in [-0.2, 0) is 6.54 Å². The van der Waals surface area contributed by atoms with E-state index in [1.807, 2.05) is 0 Å². The second kappa shape index (κ2) is 6.44. The van der Waals surface area contributed by atoms with Crippen LogP contribution in [0.3, 0.4) is 0 Å². The van der Waals surface area contributed by atoms with Gasteiger partial charge in [-0.1, -0.05) is 28.4 Å². The molecule has 1 amide bonds. The molecule has 7 nitrogen and oxygen atoms in total. The summed E-state index contributed by atoms with van der Waals surface area (Å²) in [7, 11) is 0. The maximum absolute atomic E-state index is 11.8. The maximum atomic E-state index is 11.8. The van der Waals surface area contributed by atoms with Crippen molar-refractivity contribution < 1.29 is 4.79 Å². The molecule has 100 valence electrons. The van der Waals surface area contributed by atoms with Gasteiger partial charge >= 0.3 is 0 Å². The van der Waals surface area contributed by atoms with E-state index in [0.717, 1.165) is 6.42 Å². The lowest BCUT2D eigenvalue weighted by atomic mass is 10.3. The third-order valence-electron chi connectivity index (χ3n) is 2.29. The summed E-state index contributed by atoms with van der Waals surface area (Å²) in [4.78, 5) is 11.8. The van der Waals surface area contributed by atoms with Gasteiger partial charge in [0.2, 0.25) is 0 Å². The van der Waals surface area contributed by atoms with E-state index >= 15 is 0 Å². The van der Waals surface area contributed by atoms with Crippen LogP contribution in [0.4, 0.5) is 0 Å². The number of carbonyl (C=O) groups is 1. The largest absolute Gasteiger partial charge is 0.352 e. The van der Waals surface area contributed by atoms with Crippen molar-refractivity contribution in [2.24, 2.45) is 0 Å². The minimum atomic E-state index is -0.333. The normalized spacial score (nSPS) is 10.4. The van der Waals surface area contributed by atoms with Crippen LogP contribution in [0.2, 0.25) is 10.3 Å². The summed E-state index contributed by atoms with van der Waals surface area (Å²) in [6.45, 7) is 1.15. The van der Waals surface area contributed by atoms with Crippen LogP contribution in [0.1, 0.15) is 16.8 Å². The highest BCUT2D eigenvalue weighted by molar-refractivity contribution is 6.34. The minimum absolute atomic E-state index is 0.0261. The van der Waals surface area contributed by atoms with Gasteiger partial charge in [0.05, 0.1) is 11.8 Å². The Balaban J connectivity index is 1.82. The average molecular weight is 301 g/mol. The quantitative estimate of drug-likeness (QED) is 0.839. The number of halogens is 2. The van der Waals surface area contributed by atoms with Gasteiger partial charge in [0.1, 0.15) is 0 Å². The van der Waals surface area contributed by atoms with Gasteiger partial charge < -0.3 is 5.32 Å². The molecular weight excluding hydrogens is 291 g/mol. The lowest BCUT2D eigenvalue weighted by Crippen LogP contribution is -2.26. The Labute approximate surface area is 118 Å². The number of nitrogens with zero attached hydrogens (tertiary/aromatic N) is 5. The maximum Gasteiger partial charge on any atom is 0.254 e. The topological polar surface area (TPSA) is 85.6 Å².